The summed E-state index contributed by atoms with van der Waals surface area (Å²) in [6.07, 6.45) is 4.10. The van der Waals surface area contributed by atoms with E-state index in [1.807, 2.05) is 30.3 Å². The molecular formula is C9H8OPt. The van der Waals surface area contributed by atoms with Crippen LogP contribution in [0.2, 0.25) is 0 Å². The fourth-order valence-corrected chi connectivity index (χ4v) is 1.06. The van der Waals surface area contributed by atoms with E-state index >= 15 is 0 Å². The van der Waals surface area contributed by atoms with Crippen LogP contribution in [-0.2, 0) is 21.1 Å². The fraction of sp³-hybridized carbons (Fsp3) is 0.111. The second kappa shape index (κ2) is 3.73. The van der Waals surface area contributed by atoms with Crippen LogP contribution >= 0.6 is 0 Å². The summed E-state index contributed by atoms with van der Waals surface area (Å²) < 4.78 is 5.34. The summed E-state index contributed by atoms with van der Waals surface area (Å²) in [5.41, 5.74) is 1.17. The first-order valence-corrected chi connectivity index (χ1v) is 3.35. The minimum absolute atomic E-state index is 0. The summed E-state index contributed by atoms with van der Waals surface area (Å²) in [6, 6.07) is 8.03. The number of para-hydroxylation sites is 1. The van der Waals surface area contributed by atoms with E-state index < -0.39 is 0 Å². The molecule has 0 unspecified atom stereocenters. The first-order chi connectivity index (χ1) is 4.97. The number of hydrogen-bond acceptors (Lipinski definition) is 1. The Balaban J connectivity index is 0.000000605. The van der Waals surface area contributed by atoms with Gasteiger partial charge in [0.25, 0.3) is 0 Å². The molecule has 60 valence electrons. The number of rotatable bonds is 0. The van der Waals surface area contributed by atoms with Gasteiger partial charge in [-0.1, -0.05) is 24.3 Å². The zero-order chi connectivity index (χ0) is 6.81. The molecule has 0 saturated carbocycles. The summed E-state index contributed by atoms with van der Waals surface area (Å²) in [5, 5.41) is 0. The Morgan fingerprint density at radius 1 is 1.18 bits per heavy atom. The summed E-state index contributed by atoms with van der Waals surface area (Å²) in [7, 11) is 0. The molecule has 0 spiro atoms. The molecule has 11 heavy (non-hydrogen) atoms. The molecule has 0 N–H and O–H groups in total. The molecule has 0 fully saturated rings. The van der Waals surface area contributed by atoms with Crippen molar-refractivity contribution in [2.75, 3.05) is 6.61 Å². The Morgan fingerprint density at radius 2 is 2.00 bits per heavy atom. The molecule has 2 heteroatoms. The standard InChI is InChI=1S/C9H8O.Pt/c1-2-6-9-8(4-1)5-3-7-10-9;/h1-6H,7H2;. The Hall–Kier alpha value is -0.552. The van der Waals surface area contributed by atoms with E-state index in [1.165, 1.54) is 5.56 Å². The zero-order valence-corrected chi connectivity index (χ0v) is 8.17. The maximum atomic E-state index is 5.34. The number of fused-ring (bicyclic) bond motifs is 1. The van der Waals surface area contributed by atoms with E-state index in [1.54, 1.807) is 0 Å². The summed E-state index contributed by atoms with van der Waals surface area (Å²) in [5.74, 6) is 0.991. The van der Waals surface area contributed by atoms with Crippen molar-refractivity contribution in [1.29, 1.82) is 0 Å². The third-order valence-electron chi connectivity index (χ3n) is 1.55. The third-order valence-corrected chi connectivity index (χ3v) is 1.55. The third kappa shape index (κ3) is 1.72. The van der Waals surface area contributed by atoms with E-state index in [0.29, 0.717) is 6.61 Å². The van der Waals surface area contributed by atoms with Gasteiger partial charge in [0.2, 0.25) is 0 Å². The molecular weight excluding hydrogens is 319 g/mol. The predicted molar refractivity (Wildman–Crippen MR) is 41.0 cm³/mol. The molecule has 1 heterocycles. The fourth-order valence-electron chi connectivity index (χ4n) is 1.06. The van der Waals surface area contributed by atoms with E-state index in [2.05, 4.69) is 6.08 Å². The van der Waals surface area contributed by atoms with Gasteiger partial charge >= 0.3 is 0 Å². The molecule has 1 aromatic rings. The van der Waals surface area contributed by atoms with Crippen molar-refractivity contribution in [3.63, 3.8) is 0 Å². The van der Waals surface area contributed by atoms with Gasteiger partial charge in [-0.15, -0.1) is 0 Å². The summed E-state index contributed by atoms with van der Waals surface area (Å²) in [4.78, 5) is 0. The molecule has 1 aromatic carbocycles. The van der Waals surface area contributed by atoms with Crippen molar-refractivity contribution in [1.82, 2.24) is 0 Å². The van der Waals surface area contributed by atoms with Crippen LogP contribution in [0.25, 0.3) is 6.08 Å². The van der Waals surface area contributed by atoms with Gasteiger partial charge in [0.05, 0.1) is 0 Å². The van der Waals surface area contributed by atoms with E-state index in [0.717, 1.165) is 5.75 Å². The molecule has 1 aliphatic rings. The van der Waals surface area contributed by atoms with E-state index in [-0.39, 0.29) is 21.1 Å². The molecule has 0 atom stereocenters. The van der Waals surface area contributed by atoms with Crippen molar-refractivity contribution >= 4 is 6.08 Å². The topological polar surface area (TPSA) is 9.23 Å². The summed E-state index contributed by atoms with van der Waals surface area (Å²) >= 11 is 0. The van der Waals surface area contributed by atoms with Crippen LogP contribution in [0.4, 0.5) is 0 Å². The molecule has 1 nitrogen and oxygen atoms in total. The monoisotopic (exact) mass is 327 g/mol. The average Bonchev–Trinajstić information content (AvgIpc) is 2.05. The quantitative estimate of drug-likeness (QED) is 0.709. The van der Waals surface area contributed by atoms with E-state index in [9.17, 15) is 0 Å². The van der Waals surface area contributed by atoms with Gasteiger partial charge < -0.3 is 4.74 Å². The van der Waals surface area contributed by atoms with Crippen molar-refractivity contribution in [3.8, 4) is 5.75 Å². The maximum Gasteiger partial charge on any atom is 0.126 e. The minimum Gasteiger partial charge on any atom is -0.489 e. The zero-order valence-electron chi connectivity index (χ0n) is 5.90. The Labute approximate surface area is 80.3 Å². The molecule has 0 amide bonds. The second-order valence-corrected chi connectivity index (χ2v) is 2.25. The summed E-state index contributed by atoms with van der Waals surface area (Å²) in [6.45, 7) is 0.705. The first kappa shape index (κ1) is 8.54. The van der Waals surface area contributed by atoms with Crippen LogP contribution in [0.3, 0.4) is 0 Å². The van der Waals surface area contributed by atoms with Crippen LogP contribution in [0.5, 0.6) is 5.75 Å². The van der Waals surface area contributed by atoms with Gasteiger partial charge in [-0.2, -0.15) is 0 Å². The first-order valence-electron chi connectivity index (χ1n) is 3.35. The van der Waals surface area contributed by atoms with Crippen LogP contribution in [0, 0.1) is 0 Å². The van der Waals surface area contributed by atoms with Crippen molar-refractivity contribution in [2.24, 2.45) is 0 Å². The van der Waals surface area contributed by atoms with Crippen LogP contribution < -0.4 is 4.74 Å². The molecule has 0 saturated heterocycles. The number of benzene rings is 1. The minimum atomic E-state index is 0. The van der Waals surface area contributed by atoms with Gasteiger partial charge in [-0.05, 0) is 12.1 Å². The molecule has 0 aromatic heterocycles. The van der Waals surface area contributed by atoms with Gasteiger partial charge in [-0.3, -0.25) is 0 Å². The maximum absolute atomic E-state index is 5.34. The Bertz CT molecular complexity index is 268. The molecule has 0 radical (unpaired) electrons. The average molecular weight is 327 g/mol. The second-order valence-electron chi connectivity index (χ2n) is 2.25. The Morgan fingerprint density at radius 3 is 2.82 bits per heavy atom. The normalized spacial score (nSPS) is 12.7. The molecule has 0 bridgehead atoms. The van der Waals surface area contributed by atoms with Gasteiger partial charge in [0.15, 0.2) is 0 Å². The van der Waals surface area contributed by atoms with E-state index in [4.69, 9.17) is 4.74 Å². The van der Waals surface area contributed by atoms with Crippen molar-refractivity contribution in [2.45, 2.75) is 0 Å². The number of ether oxygens (including phenoxy) is 1. The smallest absolute Gasteiger partial charge is 0.126 e. The SMILES string of the molecule is C1=Cc2ccccc2OC1.[Pt]. The predicted octanol–water partition coefficient (Wildman–Crippen LogP) is 2.09. The van der Waals surface area contributed by atoms with Crippen molar-refractivity contribution < 1.29 is 25.8 Å². The van der Waals surface area contributed by atoms with Crippen molar-refractivity contribution in [3.05, 3.63) is 35.9 Å². The Kier molecular flexibility index (Phi) is 2.90. The van der Waals surface area contributed by atoms with Crippen LogP contribution in [-0.4, -0.2) is 6.61 Å². The number of hydrogen-bond donors (Lipinski definition) is 0. The van der Waals surface area contributed by atoms with Gasteiger partial charge in [-0.25, -0.2) is 0 Å². The van der Waals surface area contributed by atoms with Gasteiger partial charge in [0.1, 0.15) is 12.4 Å². The van der Waals surface area contributed by atoms with Gasteiger partial charge in [0, 0.05) is 26.6 Å². The molecule has 1 aliphatic heterocycles. The molecule has 2 rings (SSSR count). The van der Waals surface area contributed by atoms with Crippen LogP contribution in [0.15, 0.2) is 30.3 Å². The largest absolute Gasteiger partial charge is 0.489 e. The van der Waals surface area contributed by atoms with Crippen LogP contribution in [0.1, 0.15) is 5.56 Å². The molecule has 0 aliphatic carbocycles.